The van der Waals surface area contributed by atoms with Crippen LogP contribution >= 0.6 is 11.6 Å². The maximum Gasteiger partial charge on any atom is 0.417 e. The lowest BCUT2D eigenvalue weighted by Gasteiger charge is -2.21. The number of rotatable bonds is 3. The molecule has 1 aromatic rings. The Hall–Kier alpha value is -1.23. The lowest BCUT2D eigenvalue weighted by Crippen LogP contribution is -2.20. The number of halogens is 4. The Kier molecular flexibility index (Phi) is 4.10. The number of amides is 1. The molecule has 0 radical (unpaired) electrons. The smallest absolute Gasteiger partial charge is 0.326 e. The van der Waals surface area contributed by atoms with E-state index in [4.69, 9.17) is 11.6 Å². The highest BCUT2D eigenvalue weighted by Crippen LogP contribution is 2.49. The number of benzene rings is 1. The fraction of sp³-hybridized carbons (Fsp3) is 0.562. The Morgan fingerprint density at radius 1 is 1.27 bits per heavy atom. The SMILES string of the molecule is O=C(C[C@H]1C[C@@H]2CC[C@@H]1C2)Nc1ccc(Cl)c(C(F)(F)F)c1. The predicted octanol–water partition coefficient (Wildman–Crippen LogP) is 5.12. The van der Waals surface area contributed by atoms with Gasteiger partial charge >= 0.3 is 6.18 Å². The lowest BCUT2D eigenvalue weighted by molar-refractivity contribution is -0.137. The van der Waals surface area contributed by atoms with Crippen LogP contribution < -0.4 is 5.32 Å². The van der Waals surface area contributed by atoms with E-state index < -0.39 is 11.7 Å². The summed E-state index contributed by atoms with van der Waals surface area (Å²) in [7, 11) is 0. The van der Waals surface area contributed by atoms with Gasteiger partial charge in [-0.05, 0) is 55.2 Å². The third kappa shape index (κ3) is 3.24. The van der Waals surface area contributed by atoms with E-state index in [2.05, 4.69) is 5.32 Å². The summed E-state index contributed by atoms with van der Waals surface area (Å²) < 4.78 is 38.4. The van der Waals surface area contributed by atoms with Gasteiger partial charge in [-0.25, -0.2) is 0 Å². The zero-order chi connectivity index (χ0) is 15.9. The molecule has 6 heteroatoms. The topological polar surface area (TPSA) is 29.1 Å². The van der Waals surface area contributed by atoms with Gasteiger partial charge in [0.2, 0.25) is 5.91 Å². The molecule has 2 fully saturated rings. The number of fused-ring (bicyclic) bond motifs is 2. The standard InChI is InChI=1S/C16H17ClF3NO/c17-14-4-3-12(8-13(14)16(18,19)20)21-15(22)7-11-6-9-1-2-10(11)5-9/h3-4,8-11H,1-2,5-7H2,(H,21,22)/t9-,10-,11-/m1/s1. The van der Waals surface area contributed by atoms with Crippen LogP contribution in [0.3, 0.4) is 0 Å². The normalized spacial score (nSPS) is 27.2. The molecule has 0 aromatic heterocycles. The fourth-order valence-electron chi connectivity index (χ4n) is 3.90. The summed E-state index contributed by atoms with van der Waals surface area (Å²) >= 11 is 5.56. The quantitative estimate of drug-likeness (QED) is 0.818. The molecule has 1 N–H and O–H groups in total. The van der Waals surface area contributed by atoms with Crippen LogP contribution in [0.2, 0.25) is 5.02 Å². The van der Waals surface area contributed by atoms with Gasteiger partial charge in [0.15, 0.2) is 0 Å². The predicted molar refractivity (Wildman–Crippen MR) is 78.6 cm³/mol. The first-order valence-corrected chi connectivity index (χ1v) is 7.87. The van der Waals surface area contributed by atoms with Crippen LogP contribution in [0.15, 0.2) is 18.2 Å². The summed E-state index contributed by atoms with van der Waals surface area (Å²) in [5, 5.41) is 2.21. The molecule has 22 heavy (non-hydrogen) atoms. The highest BCUT2D eigenvalue weighted by molar-refractivity contribution is 6.31. The van der Waals surface area contributed by atoms with Crippen LogP contribution in [-0.4, -0.2) is 5.91 Å². The summed E-state index contributed by atoms with van der Waals surface area (Å²) in [6, 6.07) is 3.45. The zero-order valence-electron chi connectivity index (χ0n) is 11.9. The lowest BCUT2D eigenvalue weighted by atomic mass is 9.86. The molecular formula is C16H17ClF3NO. The second-order valence-corrected chi connectivity index (χ2v) is 6.79. The molecule has 2 saturated carbocycles. The van der Waals surface area contributed by atoms with Crippen molar-refractivity contribution in [2.45, 2.75) is 38.3 Å². The fourth-order valence-corrected chi connectivity index (χ4v) is 4.12. The molecule has 2 aliphatic carbocycles. The molecule has 3 atom stereocenters. The highest BCUT2D eigenvalue weighted by Gasteiger charge is 2.40. The largest absolute Gasteiger partial charge is 0.417 e. The van der Waals surface area contributed by atoms with Crippen LogP contribution in [0.5, 0.6) is 0 Å². The van der Waals surface area contributed by atoms with E-state index in [1.807, 2.05) is 0 Å². The Bertz CT molecular complexity index is 587. The number of nitrogens with one attached hydrogen (secondary N) is 1. The van der Waals surface area contributed by atoms with Gasteiger partial charge in [-0.1, -0.05) is 18.0 Å². The number of carbonyl (C=O) groups excluding carboxylic acids is 1. The zero-order valence-corrected chi connectivity index (χ0v) is 12.7. The second kappa shape index (κ2) is 5.76. The molecule has 1 aromatic carbocycles. The monoisotopic (exact) mass is 331 g/mol. The van der Waals surface area contributed by atoms with E-state index in [-0.39, 0.29) is 16.6 Å². The number of anilines is 1. The molecule has 0 aliphatic heterocycles. The van der Waals surface area contributed by atoms with E-state index in [0.29, 0.717) is 18.3 Å². The van der Waals surface area contributed by atoms with E-state index in [9.17, 15) is 18.0 Å². The second-order valence-electron chi connectivity index (χ2n) is 6.38. The van der Waals surface area contributed by atoms with Crippen LogP contribution in [0, 0.1) is 17.8 Å². The van der Waals surface area contributed by atoms with E-state index >= 15 is 0 Å². The van der Waals surface area contributed by atoms with Gasteiger partial charge in [-0.3, -0.25) is 4.79 Å². The minimum Gasteiger partial charge on any atom is -0.326 e. The number of hydrogen-bond donors (Lipinski definition) is 1. The van der Waals surface area contributed by atoms with E-state index in [1.54, 1.807) is 0 Å². The molecule has 0 heterocycles. The van der Waals surface area contributed by atoms with Gasteiger partial charge < -0.3 is 5.32 Å². The molecule has 2 bridgehead atoms. The molecule has 120 valence electrons. The van der Waals surface area contributed by atoms with Crippen LogP contribution in [-0.2, 0) is 11.0 Å². The summed E-state index contributed by atoms with van der Waals surface area (Å²) in [5.74, 6) is 1.53. The maximum atomic E-state index is 12.8. The van der Waals surface area contributed by atoms with E-state index in [1.165, 1.54) is 25.3 Å². The first kappa shape index (κ1) is 15.7. The molecule has 2 aliphatic rings. The summed E-state index contributed by atoms with van der Waals surface area (Å²) in [6.07, 6.45) is 0.591. The molecule has 0 spiro atoms. The van der Waals surface area contributed by atoms with Gasteiger partial charge in [0, 0.05) is 12.1 Å². The minimum absolute atomic E-state index is 0.143. The highest BCUT2D eigenvalue weighted by atomic mass is 35.5. The van der Waals surface area contributed by atoms with Gasteiger partial charge in [0.05, 0.1) is 10.6 Å². The van der Waals surface area contributed by atoms with Crippen molar-refractivity contribution in [3.8, 4) is 0 Å². The van der Waals surface area contributed by atoms with E-state index in [0.717, 1.165) is 24.5 Å². The Balaban J connectivity index is 1.64. The summed E-state index contributed by atoms with van der Waals surface area (Å²) in [4.78, 5) is 12.1. The Labute approximate surface area is 132 Å². The number of hydrogen-bond acceptors (Lipinski definition) is 1. The van der Waals surface area contributed by atoms with Crippen LogP contribution in [0.1, 0.15) is 37.7 Å². The first-order chi connectivity index (χ1) is 10.3. The Morgan fingerprint density at radius 2 is 2.05 bits per heavy atom. The van der Waals surface area contributed by atoms with Crippen molar-refractivity contribution in [2.75, 3.05) is 5.32 Å². The van der Waals surface area contributed by atoms with Crippen molar-refractivity contribution in [1.29, 1.82) is 0 Å². The van der Waals surface area contributed by atoms with Gasteiger partial charge in [0.25, 0.3) is 0 Å². The minimum atomic E-state index is -4.53. The van der Waals surface area contributed by atoms with Crippen molar-refractivity contribution < 1.29 is 18.0 Å². The van der Waals surface area contributed by atoms with Crippen molar-refractivity contribution in [2.24, 2.45) is 17.8 Å². The molecule has 0 saturated heterocycles. The van der Waals surface area contributed by atoms with Crippen LogP contribution in [0.4, 0.5) is 18.9 Å². The molecular weight excluding hydrogens is 315 g/mol. The van der Waals surface area contributed by atoms with Gasteiger partial charge in [-0.15, -0.1) is 0 Å². The Morgan fingerprint density at radius 3 is 2.64 bits per heavy atom. The molecule has 2 nitrogen and oxygen atoms in total. The van der Waals surface area contributed by atoms with Crippen molar-refractivity contribution >= 4 is 23.2 Å². The van der Waals surface area contributed by atoms with Crippen molar-refractivity contribution in [3.63, 3.8) is 0 Å². The summed E-state index contributed by atoms with van der Waals surface area (Å²) in [5.41, 5.74) is -0.781. The molecule has 1 amide bonds. The van der Waals surface area contributed by atoms with Crippen molar-refractivity contribution in [3.05, 3.63) is 28.8 Å². The molecule has 3 rings (SSSR count). The third-order valence-electron chi connectivity index (χ3n) is 4.89. The number of alkyl halides is 3. The van der Waals surface area contributed by atoms with Crippen LogP contribution in [0.25, 0.3) is 0 Å². The number of carbonyl (C=O) groups is 1. The molecule has 0 unspecified atom stereocenters. The average Bonchev–Trinajstić information content (AvgIpc) is 3.02. The van der Waals surface area contributed by atoms with Gasteiger partial charge in [0.1, 0.15) is 0 Å². The van der Waals surface area contributed by atoms with Crippen molar-refractivity contribution in [1.82, 2.24) is 0 Å². The average molecular weight is 332 g/mol. The maximum absolute atomic E-state index is 12.8. The third-order valence-corrected chi connectivity index (χ3v) is 5.22. The summed E-state index contributed by atoms with van der Waals surface area (Å²) in [6.45, 7) is 0. The van der Waals surface area contributed by atoms with Gasteiger partial charge in [-0.2, -0.15) is 13.2 Å². The first-order valence-electron chi connectivity index (χ1n) is 7.49.